The largest absolute Gasteiger partial charge is 0.468 e. The standard InChI is InChI=1S/C11H12BrNOS/c1-13-9(10-3-2-6-14-10)7-8-4-5-11(12)15-8/h2-6,9,13H,7H2,1H3. The van der Waals surface area contributed by atoms with Gasteiger partial charge < -0.3 is 9.73 Å². The van der Waals surface area contributed by atoms with Gasteiger partial charge in [0.15, 0.2) is 0 Å². The predicted octanol–water partition coefficient (Wildman–Crippen LogP) is 3.61. The highest BCUT2D eigenvalue weighted by Crippen LogP contribution is 2.26. The Labute approximate surface area is 101 Å². The van der Waals surface area contributed by atoms with Gasteiger partial charge >= 0.3 is 0 Å². The van der Waals surface area contributed by atoms with Crippen LogP contribution in [0.5, 0.6) is 0 Å². The summed E-state index contributed by atoms with van der Waals surface area (Å²) >= 11 is 5.23. The highest BCUT2D eigenvalue weighted by Gasteiger charge is 2.13. The number of nitrogens with one attached hydrogen (secondary N) is 1. The molecule has 2 rings (SSSR count). The van der Waals surface area contributed by atoms with E-state index in [0.29, 0.717) is 0 Å². The molecule has 2 heterocycles. The van der Waals surface area contributed by atoms with Gasteiger partial charge in [-0.15, -0.1) is 11.3 Å². The van der Waals surface area contributed by atoms with Crippen molar-refractivity contribution in [2.75, 3.05) is 7.05 Å². The van der Waals surface area contributed by atoms with E-state index >= 15 is 0 Å². The molecule has 0 saturated heterocycles. The zero-order valence-corrected chi connectivity index (χ0v) is 10.8. The van der Waals surface area contributed by atoms with Crippen LogP contribution < -0.4 is 5.32 Å². The Kier molecular flexibility index (Phi) is 3.61. The van der Waals surface area contributed by atoms with Crippen LogP contribution in [0.25, 0.3) is 0 Å². The SMILES string of the molecule is CNC(Cc1ccc(Br)s1)c1ccco1. The maximum atomic E-state index is 5.40. The summed E-state index contributed by atoms with van der Waals surface area (Å²) in [4.78, 5) is 1.35. The van der Waals surface area contributed by atoms with E-state index in [1.807, 2.05) is 19.2 Å². The summed E-state index contributed by atoms with van der Waals surface area (Å²) in [5.74, 6) is 0.988. The van der Waals surface area contributed by atoms with Gasteiger partial charge in [0.25, 0.3) is 0 Å². The van der Waals surface area contributed by atoms with Crippen LogP contribution in [0.3, 0.4) is 0 Å². The van der Waals surface area contributed by atoms with Crippen LogP contribution >= 0.6 is 27.3 Å². The summed E-state index contributed by atoms with van der Waals surface area (Å²) in [6, 6.07) is 8.40. The second kappa shape index (κ2) is 4.96. The fourth-order valence-electron chi connectivity index (χ4n) is 1.50. The first-order valence-corrected chi connectivity index (χ1v) is 6.35. The third-order valence-corrected chi connectivity index (χ3v) is 3.92. The molecule has 0 aromatic carbocycles. The monoisotopic (exact) mass is 285 g/mol. The molecule has 0 fully saturated rings. The molecule has 1 unspecified atom stereocenters. The number of thiophene rings is 1. The molecule has 0 amide bonds. The van der Waals surface area contributed by atoms with Crippen LogP contribution in [-0.4, -0.2) is 7.05 Å². The summed E-state index contributed by atoms with van der Waals surface area (Å²) in [6.45, 7) is 0. The van der Waals surface area contributed by atoms with E-state index < -0.39 is 0 Å². The molecule has 2 nitrogen and oxygen atoms in total. The second-order valence-corrected chi connectivity index (χ2v) is 5.81. The molecule has 0 aliphatic rings. The molecule has 15 heavy (non-hydrogen) atoms. The van der Waals surface area contributed by atoms with Crippen LogP contribution in [-0.2, 0) is 6.42 Å². The molecule has 0 spiro atoms. The van der Waals surface area contributed by atoms with Crippen LogP contribution in [0.1, 0.15) is 16.7 Å². The number of hydrogen-bond donors (Lipinski definition) is 1. The van der Waals surface area contributed by atoms with Crippen molar-refractivity contribution < 1.29 is 4.42 Å². The first-order valence-electron chi connectivity index (χ1n) is 4.74. The Morgan fingerprint density at radius 2 is 2.33 bits per heavy atom. The molecule has 1 N–H and O–H groups in total. The van der Waals surface area contributed by atoms with E-state index in [-0.39, 0.29) is 6.04 Å². The zero-order chi connectivity index (χ0) is 10.7. The Bertz CT molecular complexity index is 410. The van der Waals surface area contributed by atoms with Crippen molar-refractivity contribution in [3.05, 3.63) is 45.0 Å². The van der Waals surface area contributed by atoms with Crippen molar-refractivity contribution in [2.24, 2.45) is 0 Å². The van der Waals surface area contributed by atoms with Crippen molar-refractivity contribution in [1.82, 2.24) is 5.32 Å². The molecular formula is C11H12BrNOS. The minimum Gasteiger partial charge on any atom is -0.468 e. The first-order chi connectivity index (χ1) is 7.29. The van der Waals surface area contributed by atoms with E-state index in [1.54, 1.807) is 17.6 Å². The summed E-state index contributed by atoms with van der Waals surface area (Å²) in [7, 11) is 1.95. The summed E-state index contributed by atoms with van der Waals surface area (Å²) < 4.78 is 6.57. The highest BCUT2D eigenvalue weighted by molar-refractivity contribution is 9.11. The third-order valence-electron chi connectivity index (χ3n) is 2.27. The molecule has 80 valence electrons. The van der Waals surface area contributed by atoms with Gasteiger partial charge in [-0.1, -0.05) is 0 Å². The quantitative estimate of drug-likeness (QED) is 0.929. The maximum Gasteiger partial charge on any atom is 0.121 e. The summed E-state index contributed by atoms with van der Waals surface area (Å²) in [5.41, 5.74) is 0. The van der Waals surface area contributed by atoms with E-state index in [0.717, 1.165) is 12.2 Å². The van der Waals surface area contributed by atoms with Gasteiger partial charge in [0.1, 0.15) is 5.76 Å². The molecule has 2 aromatic rings. The smallest absolute Gasteiger partial charge is 0.121 e. The third kappa shape index (κ3) is 2.71. The number of halogens is 1. The molecule has 4 heteroatoms. The number of likely N-dealkylation sites (N-methyl/N-ethyl adjacent to an activating group) is 1. The molecule has 1 atom stereocenters. The Morgan fingerprint density at radius 3 is 2.87 bits per heavy atom. The lowest BCUT2D eigenvalue weighted by molar-refractivity contribution is 0.431. The van der Waals surface area contributed by atoms with E-state index in [4.69, 9.17) is 4.42 Å². The summed E-state index contributed by atoms with van der Waals surface area (Å²) in [5, 5.41) is 3.26. The van der Waals surface area contributed by atoms with E-state index in [9.17, 15) is 0 Å². The van der Waals surface area contributed by atoms with Gasteiger partial charge in [-0.2, -0.15) is 0 Å². The molecular weight excluding hydrogens is 274 g/mol. The van der Waals surface area contributed by atoms with Crippen LogP contribution in [0.15, 0.2) is 38.7 Å². The van der Waals surface area contributed by atoms with Crippen LogP contribution in [0.4, 0.5) is 0 Å². The predicted molar refractivity (Wildman–Crippen MR) is 66.2 cm³/mol. The summed E-state index contributed by atoms with van der Waals surface area (Å²) in [6.07, 6.45) is 2.67. The lowest BCUT2D eigenvalue weighted by Gasteiger charge is -2.11. The molecule has 0 radical (unpaired) electrons. The lowest BCUT2D eigenvalue weighted by atomic mass is 10.1. The van der Waals surface area contributed by atoms with Gasteiger partial charge in [-0.25, -0.2) is 0 Å². The fraction of sp³-hybridized carbons (Fsp3) is 0.273. The number of rotatable bonds is 4. The van der Waals surface area contributed by atoms with E-state index in [2.05, 4.69) is 33.4 Å². The van der Waals surface area contributed by atoms with Crippen molar-refractivity contribution >= 4 is 27.3 Å². The van der Waals surface area contributed by atoms with Crippen LogP contribution in [0.2, 0.25) is 0 Å². The van der Waals surface area contributed by atoms with Crippen molar-refractivity contribution in [3.63, 3.8) is 0 Å². The first kappa shape index (κ1) is 10.9. The minimum atomic E-state index is 0.255. The second-order valence-electron chi connectivity index (χ2n) is 3.27. The Morgan fingerprint density at radius 1 is 1.47 bits per heavy atom. The Balaban J connectivity index is 2.09. The molecule has 0 aliphatic carbocycles. The van der Waals surface area contributed by atoms with Crippen LogP contribution in [0, 0.1) is 0 Å². The van der Waals surface area contributed by atoms with Crippen molar-refractivity contribution in [2.45, 2.75) is 12.5 Å². The molecule has 0 bridgehead atoms. The number of hydrogen-bond acceptors (Lipinski definition) is 3. The van der Waals surface area contributed by atoms with Gasteiger partial charge in [-0.3, -0.25) is 0 Å². The maximum absolute atomic E-state index is 5.40. The number of furan rings is 1. The average Bonchev–Trinajstić information content (AvgIpc) is 2.85. The Hall–Kier alpha value is -0.580. The molecule has 0 aliphatic heterocycles. The fourth-order valence-corrected chi connectivity index (χ4v) is 3.03. The highest BCUT2D eigenvalue weighted by atomic mass is 79.9. The minimum absolute atomic E-state index is 0.255. The van der Waals surface area contributed by atoms with Gasteiger partial charge in [0.2, 0.25) is 0 Å². The van der Waals surface area contributed by atoms with Crippen molar-refractivity contribution in [1.29, 1.82) is 0 Å². The normalized spacial score (nSPS) is 12.9. The lowest BCUT2D eigenvalue weighted by Crippen LogP contribution is -2.17. The molecule has 2 aromatic heterocycles. The van der Waals surface area contributed by atoms with E-state index in [1.165, 1.54) is 8.66 Å². The van der Waals surface area contributed by atoms with Gasteiger partial charge in [0, 0.05) is 11.3 Å². The topological polar surface area (TPSA) is 25.2 Å². The zero-order valence-electron chi connectivity index (χ0n) is 8.37. The molecule has 0 saturated carbocycles. The average molecular weight is 286 g/mol. The van der Waals surface area contributed by atoms with Gasteiger partial charge in [-0.05, 0) is 47.2 Å². The van der Waals surface area contributed by atoms with Gasteiger partial charge in [0.05, 0.1) is 16.1 Å². The van der Waals surface area contributed by atoms with Crippen molar-refractivity contribution in [3.8, 4) is 0 Å².